The van der Waals surface area contributed by atoms with E-state index in [2.05, 4.69) is 0 Å². The van der Waals surface area contributed by atoms with E-state index in [0.29, 0.717) is 40.1 Å². The number of carbonyl (C=O) groups is 2. The minimum atomic E-state index is -1.46. The van der Waals surface area contributed by atoms with Crippen LogP contribution in [0.3, 0.4) is 0 Å². The lowest BCUT2D eigenvalue weighted by Crippen LogP contribution is -2.31. The van der Waals surface area contributed by atoms with Crippen molar-refractivity contribution >= 4 is 23.8 Å². The van der Waals surface area contributed by atoms with Gasteiger partial charge in [-0.3, -0.25) is 4.79 Å². The van der Waals surface area contributed by atoms with E-state index in [1.165, 1.54) is 12.0 Å². The van der Waals surface area contributed by atoms with E-state index >= 15 is 0 Å². The van der Waals surface area contributed by atoms with Crippen molar-refractivity contribution in [2.75, 3.05) is 38.1 Å². The van der Waals surface area contributed by atoms with Crippen LogP contribution in [-0.4, -0.2) is 45.7 Å². The Morgan fingerprint density at radius 3 is 2.31 bits per heavy atom. The fraction of sp³-hybridized carbons (Fsp3) is 0.200. The molecular weight excluding hydrogens is 408 g/mol. The Morgan fingerprint density at radius 2 is 1.66 bits per heavy atom. The first-order chi connectivity index (χ1) is 15.3. The van der Waals surface area contributed by atoms with Gasteiger partial charge in [0.15, 0.2) is 5.60 Å². The number of nitrogens with zero attached hydrogens (tertiary/aromatic N) is 2. The maximum absolute atomic E-state index is 13.0. The zero-order valence-electron chi connectivity index (χ0n) is 18.3. The van der Waals surface area contributed by atoms with Gasteiger partial charge in [-0.2, -0.15) is 0 Å². The molecule has 1 unspecified atom stereocenters. The fourth-order valence-electron chi connectivity index (χ4n) is 4.11. The summed E-state index contributed by atoms with van der Waals surface area (Å²) in [7, 11) is 6.89. The summed E-state index contributed by atoms with van der Waals surface area (Å²) in [5.41, 5.74) is 1.79. The van der Waals surface area contributed by atoms with Crippen LogP contribution in [0.4, 0.5) is 11.4 Å². The average molecular weight is 432 g/mol. The van der Waals surface area contributed by atoms with Crippen molar-refractivity contribution in [3.8, 4) is 11.5 Å². The van der Waals surface area contributed by atoms with Gasteiger partial charge < -0.3 is 24.4 Å². The van der Waals surface area contributed by atoms with Gasteiger partial charge in [0.2, 0.25) is 6.41 Å². The van der Waals surface area contributed by atoms with Gasteiger partial charge >= 0.3 is 5.97 Å². The van der Waals surface area contributed by atoms with E-state index in [1.807, 2.05) is 31.1 Å². The number of benzene rings is 3. The molecule has 1 amide bonds. The molecule has 1 N–H and O–H groups in total. The quantitative estimate of drug-likeness (QED) is 0.474. The van der Waals surface area contributed by atoms with Gasteiger partial charge in [-0.05, 0) is 36.4 Å². The fourth-order valence-corrected chi connectivity index (χ4v) is 4.11. The first-order valence-electron chi connectivity index (χ1n) is 10.0. The number of phenolic OH excluding ortho intramolecular Hbond substituents is 1. The molecule has 32 heavy (non-hydrogen) atoms. The van der Waals surface area contributed by atoms with Crippen LogP contribution in [-0.2, 0) is 15.1 Å². The number of cyclic esters (lactones) is 1. The van der Waals surface area contributed by atoms with Gasteiger partial charge in [0, 0.05) is 55.3 Å². The Labute approximate surface area is 186 Å². The molecule has 0 spiro atoms. The summed E-state index contributed by atoms with van der Waals surface area (Å²) in [6.07, 6.45) is 0.691. The Morgan fingerprint density at radius 1 is 0.938 bits per heavy atom. The van der Waals surface area contributed by atoms with Crippen molar-refractivity contribution in [2.24, 2.45) is 0 Å². The summed E-state index contributed by atoms with van der Waals surface area (Å²) in [5.74, 6) is -0.0848. The summed E-state index contributed by atoms with van der Waals surface area (Å²) in [4.78, 5) is 27.7. The molecule has 0 saturated heterocycles. The van der Waals surface area contributed by atoms with E-state index in [4.69, 9.17) is 9.47 Å². The van der Waals surface area contributed by atoms with Crippen molar-refractivity contribution in [3.63, 3.8) is 0 Å². The SMILES string of the molecule is COc1ccc(N(C)C=O)cc1C1(c2ccc(N(C)C)cc2O)OC(=O)c2ccccc21. The number of hydrogen-bond donors (Lipinski definition) is 1. The smallest absolute Gasteiger partial charge is 0.340 e. The summed E-state index contributed by atoms with van der Waals surface area (Å²) >= 11 is 0. The maximum Gasteiger partial charge on any atom is 0.340 e. The van der Waals surface area contributed by atoms with Crippen LogP contribution in [0.25, 0.3) is 0 Å². The van der Waals surface area contributed by atoms with Crippen LogP contribution in [0.5, 0.6) is 11.5 Å². The van der Waals surface area contributed by atoms with Crippen LogP contribution in [0.15, 0.2) is 60.7 Å². The maximum atomic E-state index is 13.0. The van der Waals surface area contributed by atoms with Crippen LogP contribution < -0.4 is 14.5 Å². The van der Waals surface area contributed by atoms with E-state index < -0.39 is 11.6 Å². The lowest BCUT2D eigenvalue weighted by molar-refractivity contribution is -0.107. The molecule has 7 nitrogen and oxygen atoms in total. The highest BCUT2D eigenvalue weighted by Gasteiger charge is 2.51. The minimum Gasteiger partial charge on any atom is -0.507 e. The molecule has 7 heteroatoms. The van der Waals surface area contributed by atoms with Gasteiger partial charge in [-0.25, -0.2) is 4.79 Å². The zero-order valence-corrected chi connectivity index (χ0v) is 18.3. The summed E-state index contributed by atoms with van der Waals surface area (Å²) < 4.78 is 11.7. The van der Waals surface area contributed by atoms with E-state index in [9.17, 15) is 14.7 Å². The predicted octanol–water partition coefficient (Wildman–Crippen LogP) is 3.52. The number of hydrogen-bond acceptors (Lipinski definition) is 6. The molecule has 0 radical (unpaired) electrons. The molecule has 3 aromatic rings. The summed E-state index contributed by atoms with van der Waals surface area (Å²) in [6, 6.07) is 17.5. The molecule has 0 aliphatic carbocycles. The Balaban J connectivity index is 2.09. The molecule has 1 atom stereocenters. The highest BCUT2D eigenvalue weighted by Crippen LogP contribution is 2.53. The second kappa shape index (κ2) is 7.92. The second-order valence-corrected chi connectivity index (χ2v) is 7.81. The normalized spacial score (nSPS) is 16.8. The molecule has 1 heterocycles. The predicted molar refractivity (Wildman–Crippen MR) is 122 cm³/mol. The average Bonchev–Trinajstić information content (AvgIpc) is 3.11. The number of aromatic hydroxyl groups is 1. The molecule has 1 aliphatic rings. The standard InChI is InChI=1S/C25H24N2O5/c1-26(2)16-9-11-20(22(29)14-16)25(19-8-6-5-7-18(19)24(30)32-25)21-13-17(27(3)15-28)10-12-23(21)31-4/h5-15,29H,1-4H3. The Kier molecular flexibility index (Phi) is 5.26. The first-order valence-corrected chi connectivity index (χ1v) is 10.0. The number of esters is 1. The van der Waals surface area contributed by atoms with Gasteiger partial charge in [0.1, 0.15) is 11.5 Å². The molecule has 0 saturated carbocycles. The number of carbonyl (C=O) groups excluding carboxylic acids is 2. The van der Waals surface area contributed by atoms with Crippen molar-refractivity contribution in [1.29, 1.82) is 0 Å². The number of ether oxygens (including phenoxy) is 2. The number of amides is 1. The van der Waals surface area contributed by atoms with Crippen molar-refractivity contribution in [2.45, 2.75) is 5.60 Å². The number of phenols is 1. The van der Waals surface area contributed by atoms with Gasteiger partial charge in [-0.1, -0.05) is 18.2 Å². The molecule has 3 aromatic carbocycles. The van der Waals surface area contributed by atoms with Crippen LogP contribution in [0.2, 0.25) is 0 Å². The largest absolute Gasteiger partial charge is 0.507 e. The molecular formula is C25H24N2O5. The molecule has 0 bridgehead atoms. The number of rotatable bonds is 6. The van der Waals surface area contributed by atoms with Crippen LogP contribution >= 0.6 is 0 Å². The second-order valence-electron chi connectivity index (χ2n) is 7.81. The van der Waals surface area contributed by atoms with Crippen LogP contribution in [0.1, 0.15) is 27.0 Å². The van der Waals surface area contributed by atoms with Crippen molar-refractivity contribution in [1.82, 2.24) is 0 Å². The van der Waals surface area contributed by atoms with Crippen molar-refractivity contribution < 1.29 is 24.2 Å². The number of methoxy groups -OCH3 is 1. The van der Waals surface area contributed by atoms with Crippen LogP contribution in [0, 0.1) is 0 Å². The van der Waals surface area contributed by atoms with Crippen molar-refractivity contribution in [3.05, 3.63) is 82.9 Å². The molecule has 0 aromatic heterocycles. The monoisotopic (exact) mass is 432 g/mol. The lowest BCUT2D eigenvalue weighted by atomic mass is 9.78. The minimum absolute atomic E-state index is 0.0306. The van der Waals surface area contributed by atoms with E-state index in [-0.39, 0.29) is 5.75 Å². The number of fused-ring (bicyclic) bond motifs is 1. The third-order valence-corrected chi connectivity index (χ3v) is 5.78. The third-order valence-electron chi connectivity index (χ3n) is 5.78. The van der Waals surface area contributed by atoms with E-state index in [1.54, 1.807) is 55.6 Å². The molecule has 4 rings (SSSR count). The highest BCUT2D eigenvalue weighted by molar-refractivity contribution is 5.97. The summed E-state index contributed by atoms with van der Waals surface area (Å²) in [5, 5.41) is 11.1. The molecule has 164 valence electrons. The zero-order chi connectivity index (χ0) is 23.0. The van der Waals surface area contributed by atoms with E-state index in [0.717, 1.165) is 5.69 Å². The molecule has 0 fully saturated rings. The van der Waals surface area contributed by atoms with Gasteiger partial charge in [0.05, 0.1) is 12.7 Å². The third kappa shape index (κ3) is 3.13. The summed E-state index contributed by atoms with van der Waals surface area (Å²) in [6.45, 7) is 0. The topological polar surface area (TPSA) is 79.3 Å². The highest BCUT2D eigenvalue weighted by atomic mass is 16.6. The Bertz CT molecular complexity index is 1210. The lowest BCUT2D eigenvalue weighted by Gasteiger charge is -2.33. The van der Waals surface area contributed by atoms with Gasteiger partial charge in [0.25, 0.3) is 0 Å². The molecule has 1 aliphatic heterocycles. The first kappa shape index (κ1) is 21.2. The number of anilines is 2. The van der Waals surface area contributed by atoms with Gasteiger partial charge in [-0.15, -0.1) is 0 Å². The Hall–Kier alpha value is -4.00.